The molecule has 12 heteroatoms. The summed E-state index contributed by atoms with van der Waals surface area (Å²) in [6.45, 7) is 4.07. The van der Waals surface area contributed by atoms with Crippen LogP contribution in [0, 0.1) is 24.2 Å². The number of aryl methyl sites for hydroxylation is 1. The molecule has 0 saturated heterocycles. The third kappa shape index (κ3) is 6.99. The van der Waals surface area contributed by atoms with Crippen molar-refractivity contribution in [3.8, 4) is 34.7 Å². The fourth-order valence-corrected chi connectivity index (χ4v) is 5.55. The molecule has 1 aliphatic carbocycles. The monoisotopic (exact) mass is 580 g/mol. The molecule has 1 fully saturated rings. The van der Waals surface area contributed by atoms with Crippen molar-refractivity contribution >= 4 is 11.7 Å². The van der Waals surface area contributed by atoms with Gasteiger partial charge >= 0.3 is 6.01 Å². The summed E-state index contributed by atoms with van der Waals surface area (Å²) >= 11 is 0. The number of aromatic amines is 1. The van der Waals surface area contributed by atoms with Crippen LogP contribution in [0.2, 0.25) is 0 Å². The summed E-state index contributed by atoms with van der Waals surface area (Å²) in [4.78, 5) is 42.2. The molecule has 43 heavy (non-hydrogen) atoms. The Balaban J connectivity index is 1.29. The first kappa shape index (κ1) is 29.7. The molecule has 4 heterocycles. The van der Waals surface area contributed by atoms with E-state index in [0.29, 0.717) is 47.4 Å². The molecule has 0 radical (unpaired) electrons. The summed E-state index contributed by atoms with van der Waals surface area (Å²) in [5.74, 6) is 1.74. The average Bonchev–Trinajstić information content (AvgIpc) is 3.48. The summed E-state index contributed by atoms with van der Waals surface area (Å²) in [6, 6.07) is 2.52. The van der Waals surface area contributed by atoms with E-state index in [-0.39, 0.29) is 18.0 Å². The van der Waals surface area contributed by atoms with Gasteiger partial charge in [0, 0.05) is 43.0 Å². The molecule has 222 valence electrons. The van der Waals surface area contributed by atoms with Gasteiger partial charge in [-0.05, 0) is 50.5 Å². The van der Waals surface area contributed by atoms with Crippen LogP contribution >= 0.6 is 0 Å². The Kier molecular flexibility index (Phi) is 9.61. The standard InChI is InChI=1S/C31H36N10O2/c1-4-5-6-7-28(42)41(27-19-33-25(18-35-27)23-16-36-31(43-3)37-17-23)24-10-8-21(9-11-24)12-26-34-15-22(13-32)30(39-26)29-20(2)14-38-40-29/h14-19,21,24H,4-12H2,1-3H3,(H,38,40). The zero-order valence-electron chi connectivity index (χ0n) is 24.8. The minimum atomic E-state index is 0.0416. The second-order valence-electron chi connectivity index (χ2n) is 10.9. The van der Waals surface area contributed by atoms with Crippen LogP contribution in [0.3, 0.4) is 0 Å². The van der Waals surface area contributed by atoms with Crippen LogP contribution < -0.4 is 9.64 Å². The van der Waals surface area contributed by atoms with E-state index in [2.05, 4.69) is 48.1 Å². The number of methoxy groups -OCH3 is 1. The number of amides is 1. The van der Waals surface area contributed by atoms with E-state index in [1.54, 1.807) is 37.2 Å². The normalized spacial score (nSPS) is 16.4. The predicted octanol–water partition coefficient (Wildman–Crippen LogP) is 5.02. The summed E-state index contributed by atoms with van der Waals surface area (Å²) in [6.07, 6.45) is 17.6. The molecule has 0 aliphatic heterocycles. The first-order chi connectivity index (χ1) is 21.0. The SMILES string of the molecule is CCCCCC(=O)N(c1cnc(-c2cnc(OC)nc2)cn1)C1CCC(Cc2ncc(C#N)c(-c3[nH]ncc3C)n2)CC1. The molecule has 0 aromatic carbocycles. The second kappa shape index (κ2) is 13.9. The second-order valence-corrected chi connectivity index (χ2v) is 10.9. The maximum atomic E-state index is 13.5. The quantitative estimate of drug-likeness (QED) is 0.239. The van der Waals surface area contributed by atoms with Gasteiger partial charge in [-0.2, -0.15) is 10.4 Å². The summed E-state index contributed by atoms with van der Waals surface area (Å²) in [5.41, 5.74) is 4.02. The highest BCUT2D eigenvalue weighted by molar-refractivity contribution is 5.93. The number of aromatic nitrogens is 8. The van der Waals surface area contributed by atoms with Crippen molar-refractivity contribution in [2.75, 3.05) is 12.0 Å². The highest BCUT2D eigenvalue weighted by Crippen LogP contribution is 2.33. The van der Waals surface area contributed by atoms with Crippen molar-refractivity contribution in [1.82, 2.24) is 40.1 Å². The lowest BCUT2D eigenvalue weighted by Gasteiger charge is -2.36. The van der Waals surface area contributed by atoms with Crippen LogP contribution in [0.4, 0.5) is 5.82 Å². The molecule has 0 atom stereocenters. The zero-order valence-corrected chi connectivity index (χ0v) is 24.8. The van der Waals surface area contributed by atoms with Crippen molar-refractivity contribution in [3.63, 3.8) is 0 Å². The van der Waals surface area contributed by atoms with Crippen molar-refractivity contribution < 1.29 is 9.53 Å². The van der Waals surface area contributed by atoms with Gasteiger partial charge < -0.3 is 4.74 Å². The van der Waals surface area contributed by atoms with Crippen LogP contribution in [0.5, 0.6) is 6.01 Å². The van der Waals surface area contributed by atoms with E-state index in [9.17, 15) is 10.1 Å². The van der Waals surface area contributed by atoms with Crippen LogP contribution in [-0.2, 0) is 11.2 Å². The van der Waals surface area contributed by atoms with Gasteiger partial charge in [0.05, 0.1) is 42.7 Å². The highest BCUT2D eigenvalue weighted by Gasteiger charge is 2.31. The Bertz CT molecular complexity index is 1550. The number of anilines is 1. The van der Waals surface area contributed by atoms with Crippen molar-refractivity contribution in [1.29, 1.82) is 5.26 Å². The largest absolute Gasteiger partial charge is 0.467 e. The van der Waals surface area contributed by atoms with Crippen molar-refractivity contribution in [2.45, 2.75) is 77.7 Å². The summed E-state index contributed by atoms with van der Waals surface area (Å²) < 4.78 is 5.04. The van der Waals surface area contributed by atoms with Crippen molar-refractivity contribution in [3.05, 3.63) is 54.1 Å². The average molecular weight is 581 g/mol. The van der Waals surface area contributed by atoms with Crippen LogP contribution in [0.15, 0.2) is 37.2 Å². The molecule has 0 spiro atoms. The van der Waals surface area contributed by atoms with Crippen LogP contribution in [0.25, 0.3) is 22.6 Å². The zero-order chi connectivity index (χ0) is 30.2. The lowest BCUT2D eigenvalue weighted by molar-refractivity contribution is -0.119. The van der Waals surface area contributed by atoms with Crippen LogP contribution in [-0.4, -0.2) is 59.2 Å². The first-order valence-electron chi connectivity index (χ1n) is 14.8. The van der Waals surface area contributed by atoms with Gasteiger partial charge in [0.25, 0.3) is 0 Å². The molecule has 12 nitrogen and oxygen atoms in total. The molecule has 1 amide bonds. The van der Waals surface area contributed by atoms with E-state index in [1.807, 2.05) is 11.8 Å². The topological polar surface area (TPSA) is 159 Å². The number of carbonyl (C=O) groups is 1. The highest BCUT2D eigenvalue weighted by atomic mass is 16.5. The number of carbonyl (C=O) groups excluding carboxylic acids is 1. The van der Waals surface area contributed by atoms with E-state index >= 15 is 0 Å². The molecule has 1 saturated carbocycles. The number of nitrogens with zero attached hydrogens (tertiary/aromatic N) is 9. The number of H-pyrrole nitrogens is 1. The molecular formula is C31H36N10O2. The molecule has 0 bridgehead atoms. The number of nitrogens with one attached hydrogen (secondary N) is 1. The number of hydrogen-bond donors (Lipinski definition) is 1. The smallest absolute Gasteiger partial charge is 0.316 e. The molecule has 1 aliphatic rings. The fraction of sp³-hybridized carbons (Fsp3) is 0.452. The van der Waals surface area contributed by atoms with E-state index in [1.165, 1.54) is 7.11 Å². The minimum Gasteiger partial charge on any atom is -0.467 e. The Morgan fingerprint density at radius 2 is 1.81 bits per heavy atom. The number of unbranched alkanes of at least 4 members (excludes halogenated alkanes) is 2. The third-order valence-corrected chi connectivity index (χ3v) is 7.93. The molecule has 5 rings (SSSR count). The summed E-state index contributed by atoms with van der Waals surface area (Å²) in [5, 5.41) is 16.6. The van der Waals surface area contributed by atoms with E-state index in [4.69, 9.17) is 9.72 Å². The molecule has 0 unspecified atom stereocenters. The van der Waals surface area contributed by atoms with Gasteiger partial charge in [0.2, 0.25) is 5.91 Å². The lowest BCUT2D eigenvalue weighted by Crippen LogP contribution is -2.43. The Labute approximate surface area is 251 Å². The maximum absolute atomic E-state index is 13.5. The Morgan fingerprint density at radius 1 is 1.02 bits per heavy atom. The van der Waals surface area contributed by atoms with E-state index < -0.39 is 0 Å². The van der Waals surface area contributed by atoms with Crippen molar-refractivity contribution in [2.24, 2.45) is 5.92 Å². The van der Waals surface area contributed by atoms with Gasteiger partial charge in [0.1, 0.15) is 17.6 Å². The predicted molar refractivity (Wildman–Crippen MR) is 160 cm³/mol. The summed E-state index contributed by atoms with van der Waals surface area (Å²) in [7, 11) is 1.52. The lowest BCUT2D eigenvalue weighted by atomic mass is 9.83. The molecule has 4 aromatic heterocycles. The first-order valence-corrected chi connectivity index (χ1v) is 14.8. The number of rotatable bonds is 11. The maximum Gasteiger partial charge on any atom is 0.316 e. The number of nitriles is 1. The fourth-order valence-electron chi connectivity index (χ4n) is 5.55. The Hall–Kier alpha value is -4.79. The third-order valence-electron chi connectivity index (χ3n) is 7.93. The van der Waals surface area contributed by atoms with Gasteiger partial charge in [0.15, 0.2) is 5.82 Å². The number of ether oxygens (including phenoxy) is 1. The van der Waals surface area contributed by atoms with E-state index in [0.717, 1.165) is 61.8 Å². The van der Waals surface area contributed by atoms with Gasteiger partial charge in [-0.25, -0.2) is 24.9 Å². The number of hydrogen-bond acceptors (Lipinski definition) is 10. The molecule has 4 aromatic rings. The van der Waals surface area contributed by atoms with Gasteiger partial charge in [-0.3, -0.25) is 19.8 Å². The van der Waals surface area contributed by atoms with Gasteiger partial charge in [-0.1, -0.05) is 19.8 Å². The molecular weight excluding hydrogens is 544 g/mol. The molecule has 1 N–H and O–H groups in total. The minimum absolute atomic E-state index is 0.0416. The van der Waals surface area contributed by atoms with Crippen LogP contribution in [0.1, 0.15) is 75.2 Å². The Morgan fingerprint density at radius 3 is 2.44 bits per heavy atom. The van der Waals surface area contributed by atoms with Gasteiger partial charge in [-0.15, -0.1) is 0 Å².